The Balaban J connectivity index is 2.70. The van der Waals surface area contributed by atoms with Gasteiger partial charge in [0.05, 0.1) is 11.7 Å². The zero-order valence-electron chi connectivity index (χ0n) is 8.96. The lowest BCUT2D eigenvalue weighted by Crippen LogP contribution is -2.11. The molecule has 0 saturated heterocycles. The largest absolute Gasteiger partial charge is 0.173 e. The van der Waals surface area contributed by atoms with Crippen LogP contribution >= 0.6 is 11.7 Å². The van der Waals surface area contributed by atoms with Crippen LogP contribution in [0.15, 0.2) is 12.1 Å². The number of aromatic nitrogens is 2. The Morgan fingerprint density at radius 3 is 2.50 bits per heavy atom. The maximum Gasteiger partial charge on any atom is 0.107 e. The minimum absolute atomic E-state index is 0.183. The lowest BCUT2D eigenvalue weighted by molar-refractivity contribution is 0.590. The fourth-order valence-electron chi connectivity index (χ4n) is 1.49. The van der Waals surface area contributed by atoms with Crippen molar-refractivity contribution in [3.05, 3.63) is 23.3 Å². The molecule has 14 heavy (non-hydrogen) atoms. The van der Waals surface area contributed by atoms with Crippen molar-refractivity contribution < 1.29 is 0 Å². The molecule has 0 unspecified atom stereocenters. The van der Waals surface area contributed by atoms with Crippen molar-refractivity contribution in [2.75, 3.05) is 0 Å². The van der Waals surface area contributed by atoms with Gasteiger partial charge in [-0.1, -0.05) is 26.8 Å². The Labute approximate surface area is 88.3 Å². The second kappa shape index (κ2) is 3.02. The van der Waals surface area contributed by atoms with E-state index in [-0.39, 0.29) is 5.41 Å². The lowest BCUT2D eigenvalue weighted by atomic mass is 9.86. The smallest absolute Gasteiger partial charge is 0.107 e. The molecule has 0 spiro atoms. The zero-order valence-corrected chi connectivity index (χ0v) is 9.77. The number of aryl methyl sites for hydroxylation is 1. The van der Waals surface area contributed by atoms with E-state index in [0.717, 1.165) is 11.0 Å². The molecule has 1 aromatic carbocycles. The fraction of sp³-hybridized carbons (Fsp3) is 0.455. The van der Waals surface area contributed by atoms with Gasteiger partial charge in [-0.3, -0.25) is 0 Å². The van der Waals surface area contributed by atoms with Crippen molar-refractivity contribution >= 4 is 22.8 Å². The predicted molar refractivity (Wildman–Crippen MR) is 60.9 cm³/mol. The molecule has 0 fully saturated rings. The van der Waals surface area contributed by atoms with Gasteiger partial charge in [0.2, 0.25) is 0 Å². The van der Waals surface area contributed by atoms with Gasteiger partial charge < -0.3 is 0 Å². The van der Waals surface area contributed by atoms with Crippen LogP contribution in [-0.2, 0) is 5.41 Å². The highest BCUT2D eigenvalue weighted by molar-refractivity contribution is 7.00. The molecule has 1 heterocycles. The first-order valence-corrected chi connectivity index (χ1v) is 5.45. The molecule has 2 rings (SSSR count). The minimum atomic E-state index is 0.183. The van der Waals surface area contributed by atoms with Crippen LogP contribution in [0.3, 0.4) is 0 Å². The molecule has 0 aliphatic heterocycles. The van der Waals surface area contributed by atoms with Gasteiger partial charge in [-0.05, 0) is 29.5 Å². The third-order valence-corrected chi connectivity index (χ3v) is 2.96. The van der Waals surface area contributed by atoms with Crippen LogP contribution in [0.4, 0.5) is 0 Å². The lowest BCUT2D eigenvalue weighted by Gasteiger charge is -2.19. The molecule has 1 aromatic heterocycles. The number of rotatable bonds is 0. The van der Waals surface area contributed by atoms with E-state index in [9.17, 15) is 0 Å². The summed E-state index contributed by atoms with van der Waals surface area (Å²) in [5.41, 5.74) is 4.81. The van der Waals surface area contributed by atoms with E-state index in [4.69, 9.17) is 0 Å². The first kappa shape index (κ1) is 9.59. The Kier molecular flexibility index (Phi) is 2.07. The molecule has 0 bridgehead atoms. The van der Waals surface area contributed by atoms with Crippen molar-refractivity contribution in [3.63, 3.8) is 0 Å². The van der Waals surface area contributed by atoms with Gasteiger partial charge >= 0.3 is 0 Å². The summed E-state index contributed by atoms with van der Waals surface area (Å²) in [6.45, 7) is 8.74. The monoisotopic (exact) mass is 206 g/mol. The van der Waals surface area contributed by atoms with Gasteiger partial charge in [0.15, 0.2) is 0 Å². The number of benzene rings is 1. The summed E-state index contributed by atoms with van der Waals surface area (Å²) in [6.07, 6.45) is 0. The molecule has 2 aromatic rings. The number of fused-ring (bicyclic) bond motifs is 1. The summed E-state index contributed by atoms with van der Waals surface area (Å²) in [5, 5.41) is 0. The maximum atomic E-state index is 4.28. The normalized spacial score (nSPS) is 12.3. The third kappa shape index (κ3) is 1.52. The average Bonchev–Trinajstić information content (AvgIpc) is 2.50. The minimum Gasteiger partial charge on any atom is -0.173 e. The average molecular weight is 206 g/mol. The quantitative estimate of drug-likeness (QED) is 0.661. The van der Waals surface area contributed by atoms with E-state index < -0.39 is 0 Å². The van der Waals surface area contributed by atoms with Crippen LogP contribution in [0.25, 0.3) is 11.0 Å². The van der Waals surface area contributed by atoms with Crippen LogP contribution in [0.2, 0.25) is 0 Å². The van der Waals surface area contributed by atoms with Gasteiger partial charge in [0.25, 0.3) is 0 Å². The Morgan fingerprint density at radius 2 is 1.86 bits per heavy atom. The molecule has 0 atom stereocenters. The molecule has 74 valence electrons. The summed E-state index contributed by atoms with van der Waals surface area (Å²) in [7, 11) is 0. The standard InChI is InChI=1S/C11H14N2S/c1-7-5-8(11(2,3)4)6-9-10(7)13-14-12-9/h5-6H,1-4H3. The molecular weight excluding hydrogens is 192 g/mol. The van der Waals surface area contributed by atoms with Crippen molar-refractivity contribution in [1.82, 2.24) is 8.75 Å². The first-order valence-electron chi connectivity index (χ1n) is 4.72. The predicted octanol–water partition coefficient (Wildman–Crippen LogP) is 3.30. The topological polar surface area (TPSA) is 25.8 Å². The van der Waals surface area contributed by atoms with Crippen LogP contribution in [0.1, 0.15) is 31.9 Å². The summed E-state index contributed by atoms with van der Waals surface area (Å²) < 4.78 is 8.56. The fourth-order valence-corrected chi connectivity index (χ4v) is 2.07. The SMILES string of the molecule is Cc1cc(C(C)(C)C)cc2nsnc12. The highest BCUT2D eigenvalue weighted by Gasteiger charge is 2.16. The number of hydrogen-bond acceptors (Lipinski definition) is 3. The van der Waals surface area contributed by atoms with Gasteiger partial charge in [-0.25, -0.2) is 0 Å². The van der Waals surface area contributed by atoms with Gasteiger partial charge in [0, 0.05) is 0 Å². The molecule has 0 aliphatic rings. The second-order valence-corrected chi connectivity index (χ2v) is 5.20. The molecular formula is C11H14N2S. The van der Waals surface area contributed by atoms with Crippen LogP contribution in [0, 0.1) is 6.92 Å². The molecule has 2 nitrogen and oxygen atoms in total. The number of hydrogen-bond donors (Lipinski definition) is 0. The van der Waals surface area contributed by atoms with Gasteiger partial charge in [-0.15, -0.1) is 0 Å². The highest BCUT2D eigenvalue weighted by Crippen LogP contribution is 2.27. The van der Waals surface area contributed by atoms with Gasteiger partial charge in [-0.2, -0.15) is 8.75 Å². The molecule has 0 aliphatic carbocycles. The highest BCUT2D eigenvalue weighted by atomic mass is 32.1. The van der Waals surface area contributed by atoms with Crippen LogP contribution in [-0.4, -0.2) is 8.75 Å². The third-order valence-electron chi connectivity index (χ3n) is 2.42. The van der Waals surface area contributed by atoms with Crippen LogP contribution in [0.5, 0.6) is 0 Å². The van der Waals surface area contributed by atoms with Crippen molar-refractivity contribution in [3.8, 4) is 0 Å². The molecule has 0 radical (unpaired) electrons. The Bertz CT molecular complexity index is 466. The molecule has 0 saturated carbocycles. The summed E-state index contributed by atoms with van der Waals surface area (Å²) in [6, 6.07) is 4.36. The molecule has 0 amide bonds. The zero-order chi connectivity index (χ0) is 10.3. The van der Waals surface area contributed by atoms with E-state index in [1.807, 2.05) is 0 Å². The summed E-state index contributed by atoms with van der Waals surface area (Å²) in [5.74, 6) is 0. The molecule has 3 heteroatoms. The van der Waals surface area contributed by atoms with Crippen molar-refractivity contribution in [1.29, 1.82) is 0 Å². The second-order valence-electron chi connectivity index (χ2n) is 4.68. The maximum absolute atomic E-state index is 4.28. The van der Waals surface area contributed by atoms with Gasteiger partial charge in [0.1, 0.15) is 11.0 Å². The van der Waals surface area contributed by atoms with E-state index in [1.165, 1.54) is 22.9 Å². The Hall–Kier alpha value is -0.960. The summed E-state index contributed by atoms with van der Waals surface area (Å²) in [4.78, 5) is 0. The van der Waals surface area contributed by atoms with Crippen molar-refractivity contribution in [2.24, 2.45) is 0 Å². The van der Waals surface area contributed by atoms with Crippen molar-refractivity contribution in [2.45, 2.75) is 33.1 Å². The summed E-state index contributed by atoms with van der Waals surface area (Å²) >= 11 is 1.29. The van der Waals surface area contributed by atoms with E-state index >= 15 is 0 Å². The first-order chi connectivity index (χ1) is 6.48. The Morgan fingerprint density at radius 1 is 1.14 bits per heavy atom. The van der Waals surface area contributed by atoms with E-state index in [0.29, 0.717) is 0 Å². The molecule has 0 N–H and O–H groups in total. The van der Waals surface area contributed by atoms with Crippen LogP contribution < -0.4 is 0 Å². The van der Waals surface area contributed by atoms with E-state index in [1.54, 1.807) is 0 Å². The number of nitrogens with zero attached hydrogens (tertiary/aromatic N) is 2. The van der Waals surface area contributed by atoms with E-state index in [2.05, 4.69) is 48.6 Å².